The van der Waals surface area contributed by atoms with Crippen LogP contribution in [0.1, 0.15) is 30.5 Å². The largest absolute Gasteiger partial charge is 0.507 e. The molecule has 2 aromatic carbocycles. The third-order valence-corrected chi connectivity index (χ3v) is 5.68. The van der Waals surface area contributed by atoms with Gasteiger partial charge < -0.3 is 19.7 Å². The molecule has 1 unspecified atom stereocenters. The Bertz CT molecular complexity index is 1180. The monoisotopic (exact) mass is 424 g/mol. The second-order valence-electron chi connectivity index (χ2n) is 7.13. The molecular weight excluding hydrogens is 404 g/mol. The topological polar surface area (TPSA) is 82.6 Å². The quantitative estimate of drug-likeness (QED) is 0.354. The van der Waals surface area contributed by atoms with Crippen molar-refractivity contribution in [3.05, 3.63) is 70.4 Å². The Balaban J connectivity index is 1.97. The Morgan fingerprint density at radius 2 is 2.00 bits per heavy atom. The van der Waals surface area contributed by atoms with Crippen molar-refractivity contribution in [1.82, 2.24) is 9.88 Å². The molecule has 1 aromatic heterocycles. The molecule has 3 aromatic rings. The molecule has 1 atom stereocenters. The number of rotatable bonds is 5. The maximum Gasteiger partial charge on any atom is 0.295 e. The van der Waals surface area contributed by atoms with Gasteiger partial charge in [-0.1, -0.05) is 36.7 Å². The van der Waals surface area contributed by atoms with Crippen molar-refractivity contribution in [2.24, 2.45) is 0 Å². The van der Waals surface area contributed by atoms with Crippen LogP contribution in [0.25, 0.3) is 16.7 Å². The van der Waals surface area contributed by atoms with Crippen molar-refractivity contribution < 1.29 is 19.4 Å². The van der Waals surface area contributed by atoms with Crippen LogP contribution in [0.4, 0.5) is 0 Å². The van der Waals surface area contributed by atoms with Crippen molar-refractivity contribution in [3.63, 3.8) is 0 Å². The first-order chi connectivity index (χ1) is 14.5. The fourth-order valence-corrected chi connectivity index (χ4v) is 4.16. The van der Waals surface area contributed by atoms with Crippen LogP contribution >= 0.6 is 11.6 Å². The number of likely N-dealkylation sites (tertiary alicyclic amines) is 1. The summed E-state index contributed by atoms with van der Waals surface area (Å²) in [6, 6.07) is 11.7. The number of Topliss-reactive ketones (excluding diaryl/α,β-unsaturated/α-hetero) is 1. The second-order valence-corrected chi connectivity index (χ2v) is 7.54. The lowest BCUT2D eigenvalue weighted by molar-refractivity contribution is -0.139. The van der Waals surface area contributed by atoms with Gasteiger partial charge in [0.2, 0.25) is 0 Å². The molecule has 1 aliphatic rings. The van der Waals surface area contributed by atoms with Crippen LogP contribution in [0.2, 0.25) is 5.02 Å². The molecule has 1 fully saturated rings. The molecule has 6 nitrogen and oxygen atoms in total. The molecule has 0 spiro atoms. The number of ether oxygens (including phenoxy) is 1. The number of hydrogen-bond donors (Lipinski definition) is 2. The maximum absolute atomic E-state index is 13.0. The molecule has 0 saturated carbocycles. The molecule has 0 radical (unpaired) electrons. The zero-order valence-electron chi connectivity index (χ0n) is 16.6. The SMILES string of the molecule is CCCN1C(=O)C(=O)/C(=C(/O)c2cc(OC)ccc2Cl)C1c1c[nH]c2ccccc12. The number of para-hydroxylation sites is 1. The number of nitrogens with zero attached hydrogens (tertiary/aromatic N) is 1. The van der Waals surface area contributed by atoms with Crippen molar-refractivity contribution in [2.45, 2.75) is 19.4 Å². The molecule has 1 saturated heterocycles. The molecule has 1 aliphatic heterocycles. The number of carbonyl (C=O) groups is 2. The van der Waals surface area contributed by atoms with E-state index in [4.69, 9.17) is 16.3 Å². The number of methoxy groups -OCH3 is 1. The van der Waals surface area contributed by atoms with E-state index < -0.39 is 17.7 Å². The summed E-state index contributed by atoms with van der Waals surface area (Å²) in [4.78, 5) is 30.6. The lowest BCUT2D eigenvalue weighted by Gasteiger charge is -2.24. The van der Waals surface area contributed by atoms with E-state index in [-0.39, 0.29) is 21.9 Å². The van der Waals surface area contributed by atoms with E-state index in [0.29, 0.717) is 18.7 Å². The van der Waals surface area contributed by atoms with Gasteiger partial charge in [-0.25, -0.2) is 0 Å². The van der Waals surface area contributed by atoms with Gasteiger partial charge in [0, 0.05) is 34.8 Å². The lowest BCUT2D eigenvalue weighted by Crippen LogP contribution is -2.30. The molecule has 154 valence electrons. The van der Waals surface area contributed by atoms with Crippen LogP contribution in [-0.2, 0) is 9.59 Å². The molecule has 7 heteroatoms. The fourth-order valence-electron chi connectivity index (χ4n) is 3.95. The van der Waals surface area contributed by atoms with Gasteiger partial charge in [0.05, 0.1) is 23.7 Å². The summed E-state index contributed by atoms with van der Waals surface area (Å²) in [6.45, 7) is 2.32. The number of nitrogens with one attached hydrogen (secondary N) is 1. The average Bonchev–Trinajstić information content (AvgIpc) is 3.28. The van der Waals surface area contributed by atoms with Gasteiger partial charge in [0.25, 0.3) is 11.7 Å². The van der Waals surface area contributed by atoms with Crippen LogP contribution in [0.15, 0.2) is 54.2 Å². The highest BCUT2D eigenvalue weighted by molar-refractivity contribution is 6.47. The summed E-state index contributed by atoms with van der Waals surface area (Å²) in [5.74, 6) is -1.19. The van der Waals surface area contributed by atoms with E-state index in [1.165, 1.54) is 12.0 Å². The molecule has 4 rings (SSSR count). The van der Waals surface area contributed by atoms with Gasteiger partial charge in [-0.15, -0.1) is 0 Å². The first-order valence-corrected chi connectivity index (χ1v) is 10.0. The third-order valence-electron chi connectivity index (χ3n) is 5.35. The predicted molar refractivity (Wildman–Crippen MR) is 116 cm³/mol. The number of fused-ring (bicyclic) bond motifs is 1. The van der Waals surface area contributed by atoms with Crippen LogP contribution in [0.3, 0.4) is 0 Å². The van der Waals surface area contributed by atoms with Crippen LogP contribution < -0.4 is 4.74 Å². The number of carbonyl (C=O) groups excluding carboxylic acids is 2. The van der Waals surface area contributed by atoms with Gasteiger partial charge in [-0.3, -0.25) is 9.59 Å². The minimum atomic E-state index is -0.727. The van der Waals surface area contributed by atoms with Crippen LogP contribution in [-0.4, -0.2) is 40.3 Å². The summed E-state index contributed by atoms with van der Waals surface area (Å²) in [7, 11) is 1.50. The van der Waals surface area contributed by atoms with Gasteiger partial charge >= 0.3 is 0 Å². The maximum atomic E-state index is 13.0. The Morgan fingerprint density at radius 3 is 2.73 bits per heavy atom. The predicted octanol–water partition coefficient (Wildman–Crippen LogP) is 4.66. The van der Waals surface area contributed by atoms with Crippen LogP contribution in [0.5, 0.6) is 5.75 Å². The third kappa shape index (κ3) is 3.13. The van der Waals surface area contributed by atoms with Gasteiger partial charge in [-0.05, 0) is 30.7 Å². The lowest BCUT2D eigenvalue weighted by atomic mass is 9.95. The Morgan fingerprint density at radius 1 is 1.23 bits per heavy atom. The smallest absolute Gasteiger partial charge is 0.295 e. The number of aliphatic hydroxyl groups excluding tert-OH is 1. The zero-order valence-corrected chi connectivity index (χ0v) is 17.4. The number of benzene rings is 2. The van der Waals surface area contributed by atoms with E-state index in [9.17, 15) is 14.7 Å². The van der Waals surface area contributed by atoms with E-state index in [1.807, 2.05) is 31.2 Å². The first kappa shape index (κ1) is 20.0. The van der Waals surface area contributed by atoms with E-state index in [0.717, 1.165) is 16.5 Å². The summed E-state index contributed by atoms with van der Waals surface area (Å²) in [5, 5.41) is 12.3. The molecule has 0 aliphatic carbocycles. The molecule has 30 heavy (non-hydrogen) atoms. The summed E-state index contributed by atoms with van der Waals surface area (Å²) < 4.78 is 5.23. The highest BCUT2D eigenvalue weighted by atomic mass is 35.5. The molecule has 2 N–H and O–H groups in total. The number of aliphatic hydroxyl groups is 1. The van der Waals surface area contributed by atoms with E-state index >= 15 is 0 Å². The number of aromatic nitrogens is 1. The summed E-state index contributed by atoms with van der Waals surface area (Å²) >= 11 is 6.31. The highest BCUT2D eigenvalue weighted by Crippen LogP contribution is 2.43. The Hall–Kier alpha value is -3.25. The number of aromatic amines is 1. The van der Waals surface area contributed by atoms with E-state index in [2.05, 4.69) is 4.98 Å². The normalized spacial score (nSPS) is 18.4. The number of H-pyrrole nitrogens is 1. The molecular formula is C23H21ClN2O4. The number of amides is 1. The number of hydrogen-bond acceptors (Lipinski definition) is 4. The molecule has 2 heterocycles. The minimum absolute atomic E-state index is 0.0216. The summed E-state index contributed by atoms with van der Waals surface area (Å²) in [5.41, 5.74) is 1.90. The fraction of sp³-hybridized carbons (Fsp3) is 0.217. The standard InChI is InChI=1S/C23H21ClN2O4/c1-3-10-26-20(16-12-25-18-7-5-4-6-14(16)18)19(22(28)23(26)29)21(27)15-11-13(30-2)8-9-17(15)24/h4-9,11-12,20,25,27H,3,10H2,1-2H3/b21-19+. The van der Waals surface area contributed by atoms with E-state index in [1.54, 1.807) is 24.4 Å². The zero-order chi connectivity index (χ0) is 21.4. The Kier molecular flexibility index (Phi) is 5.26. The van der Waals surface area contributed by atoms with Gasteiger partial charge in [0.1, 0.15) is 11.5 Å². The van der Waals surface area contributed by atoms with Crippen LogP contribution in [0, 0.1) is 0 Å². The molecule has 0 bridgehead atoms. The molecule has 1 amide bonds. The highest BCUT2D eigenvalue weighted by Gasteiger charge is 2.46. The number of halogens is 1. The first-order valence-electron chi connectivity index (χ1n) is 9.66. The van der Waals surface area contributed by atoms with Gasteiger partial charge in [0.15, 0.2) is 0 Å². The van der Waals surface area contributed by atoms with Gasteiger partial charge in [-0.2, -0.15) is 0 Å². The van der Waals surface area contributed by atoms with Crippen molar-refractivity contribution >= 4 is 40.0 Å². The van der Waals surface area contributed by atoms with Crippen molar-refractivity contribution in [1.29, 1.82) is 0 Å². The van der Waals surface area contributed by atoms with Crippen molar-refractivity contribution in [2.75, 3.05) is 13.7 Å². The minimum Gasteiger partial charge on any atom is -0.507 e. The second kappa shape index (κ2) is 7.88. The summed E-state index contributed by atoms with van der Waals surface area (Å²) in [6.07, 6.45) is 2.45. The van der Waals surface area contributed by atoms with Crippen molar-refractivity contribution in [3.8, 4) is 5.75 Å². The Labute approximate surface area is 178 Å². The number of ketones is 1. The average molecular weight is 425 g/mol.